The molecule has 1 aliphatic heterocycles. The highest BCUT2D eigenvalue weighted by Crippen LogP contribution is 2.59. The Kier molecular flexibility index (Phi) is 4.19. The number of carbonyl (C=O) groups is 1. The number of carbonyl (C=O) groups excluding carboxylic acids is 1. The normalized spacial score (nSPS) is 28.4. The Labute approximate surface area is 202 Å². The van der Waals surface area contributed by atoms with Gasteiger partial charge in [-0.1, -0.05) is 6.07 Å². The maximum absolute atomic E-state index is 14.3. The summed E-state index contributed by atoms with van der Waals surface area (Å²) in [6.07, 6.45) is 5.82. The van der Waals surface area contributed by atoms with E-state index in [0.717, 1.165) is 60.2 Å². The molecule has 5 aliphatic rings. The fourth-order valence-corrected chi connectivity index (χ4v) is 7.78. The number of non-ortho nitro benzene ring substituents is 1. The molecular weight excluding hydrogens is 442 g/mol. The number of furan rings is 1. The van der Waals surface area contributed by atoms with Crippen LogP contribution in [-0.4, -0.2) is 20.3 Å². The predicted octanol–water partition coefficient (Wildman–Crippen LogP) is 6.33. The van der Waals surface area contributed by atoms with Crippen molar-refractivity contribution in [1.29, 1.82) is 0 Å². The topological polar surface area (TPSA) is 91.2 Å². The van der Waals surface area contributed by atoms with Crippen molar-refractivity contribution in [1.82, 2.24) is 9.55 Å². The van der Waals surface area contributed by atoms with E-state index in [1.165, 1.54) is 18.1 Å². The molecular formula is C28H27N3O4. The van der Waals surface area contributed by atoms with Gasteiger partial charge in [-0.15, -0.1) is 0 Å². The van der Waals surface area contributed by atoms with Crippen molar-refractivity contribution >= 4 is 39.3 Å². The number of nitrogens with zero attached hydrogens (tertiary/aromatic N) is 3. The lowest BCUT2D eigenvalue weighted by Gasteiger charge is -2.51. The van der Waals surface area contributed by atoms with Gasteiger partial charge in [0.2, 0.25) is 5.78 Å². The third kappa shape index (κ3) is 2.78. The molecule has 1 aromatic carbocycles. The molecule has 0 radical (unpaired) electrons. The molecule has 178 valence electrons. The number of para-hydroxylation sites is 1. The van der Waals surface area contributed by atoms with E-state index in [1.807, 2.05) is 31.4 Å². The maximum Gasteiger partial charge on any atom is 0.295 e. The van der Waals surface area contributed by atoms with Crippen LogP contribution in [0.25, 0.3) is 27.9 Å². The first-order valence-corrected chi connectivity index (χ1v) is 12.6. The van der Waals surface area contributed by atoms with Crippen LogP contribution in [0.3, 0.4) is 0 Å². The number of fused-ring (bicyclic) bond motifs is 3. The Bertz CT molecular complexity index is 1500. The third-order valence-corrected chi connectivity index (χ3v) is 8.85. The average molecular weight is 470 g/mol. The van der Waals surface area contributed by atoms with E-state index in [9.17, 15) is 14.9 Å². The zero-order valence-corrected chi connectivity index (χ0v) is 20.1. The molecule has 4 fully saturated rings. The summed E-state index contributed by atoms with van der Waals surface area (Å²) < 4.78 is 7.62. The molecule has 3 heterocycles. The van der Waals surface area contributed by atoms with Crippen molar-refractivity contribution in [3.63, 3.8) is 0 Å². The highest BCUT2D eigenvalue weighted by molar-refractivity contribution is 6.47. The van der Waals surface area contributed by atoms with Gasteiger partial charge in [0.15, 0.2) is 5.52 Å². The summed E-state index contributed by atoms with van der Waals surface area (Å²) in [5.41, 5.74) is 5.06. The summed E-state index contributed by atoms with van der Waals surface area (Å²) in [5, 5.41) is 12.0. The van der Waals surface area contributed by atoms with Crippen molar-refractivity contribution in [3.05, 3.63) is 62.9 Å². The minimum atomic E-state index is -0.362. The molecule has 8 rings (SSSR count). The Hall–Kier alpha value is -3.48. The van der Waals surface area contributed by atoms with Crippen LogP contribution in [0.5, 0.6) is 0 Å². The van der Waals surface area contributed by atoms with Gasteiger partial charge in [-0.25, -0.2) is 4.98 Å². The average Bonchev–Trinajstić information content (AvgIpc) is 3.42. The van der Waals surface area contributed by atoms with Crippen molar-refractivity contribution in [2.45, 2.75) is 52.9 Å². The van der Waals surface area contributed by atoms with Crippen LogP contribution in [0.2, 0.25) is 0 Å². The molecule has 0 atom stereocenters. The third-order valence-electron chi connectivity index (χ3n) is 8.85. The van der Waals surface area contributed by atoms with E-state index < -0.39 is 0 Å². The van der Waals surface area contributed by atoms with Crippen LogP contribution in [0.15, 0.2) is 34.3 Å². The first-order valence-electron chi connectivity index (χ1n) is 12.6. The second kappa shape index (κ2) is 7.03. The quantitative estimate of drug-likeness (QED) is 0.248. The number of Topliss-reactive ketones (excluding diaryl/α,β-unsaturated/α-hetero) is 1. The van der Waals surface area contributed by atoms with Crippen LogP contribution < -0.4 is 0 Å². The minimum absolute atomic E-state index is 0.00907. The molecule has 0 saturated heterocycles. The molecule has 35 heavy (non-hydrogen) atoms. The van der Waals surface area contributed by atoms with Crippen LogP contribution in [0.1, 0.15) is 61.9 Å². The smallest absolute Gasteiger partial charge is 0.295 e. The summed E-state index contributed by atoms with van der Waals surface area (Å²) in [6.45, 7) is 5.73. The van der Waals surface area contributed by atoms with Gasteiger partial charge >= 0.3 is 0 Å². The summed E-state index contributed by atoms with van der Waals surface area (Å²) in [5.74, 6) is 4.28. The molecule has 2 aromatic heterocycles. The highest BCUT2D eigenvalue weighted by atomic mass is 16.6. The molecule has 0 spiro atoms. The van der Waals surface area contributed by atoms with Gasteiger partial charge in [-0.3, -0.25) is 19.5 Å². The van der Waals surface area contributed by atoms with Crippen LogP contribution in [0, 0.1) is 47.6 Å². The van der Waals surface area contributed by atoms with E-state index in [-0.39, 0.29) is 16.4 Å². The Balaban J connectivity index is 1.57. The second-order valence-corrected chi connectivity index (χ2v) is 10.9. The van der Waals surface area contributed by atoms with Gasteiger partial charge in [0.05, 0.1) is 21.7 Å². The van der Waals surface area contributed by atoms with Crippen molar-refractivity contribution in [2.24, 2.45) is 23.7 Å². The number of aromatic nitrogens is 2. The monoisotopic (exact) mass is 469 g/mol. The number of imidazole rings is 1. The number of nitro benzene ring substituents is 1. The van der Waals surface area contributed by atoms with Crippen molar-refractivity contribution in [2.75, 3.05) is 0 Å². The summed E-state index contributed by atoms with van der Waals surface area (Å²) in [6, 6.07) is 6.94. The number of benzene rings is 1. The van der Waals surface area contributed by atoms with Gasteiger partial charge in [-0.05, 0) is 99.8 Å². The van der Waals surface area contributed by atoms with Crippen LogP contribution in [0.4, 0.5) is 5.69 Å². The molecule has 4 saturated carbocycles. The lowest BCUT2D eigenvalue weighted by molar-refractivity contribution is -0.383. The van der Waals surface area contributed by atoms with Crippen molar-refractivity contribution < 1.29 is 14.1 Å². The molecule has 0 unspecified atom stereocenters. The number of allylic oxidation sites excluding steroid dienone is 4. The number of aryl methyl sites for hydroxylation is 2. The Morgan fingerprint density at radius 2 is 1.80 bits per heavy atom. The minimum Gasteiger partial charge on any atom is -0.466 e. The lowest BCUT2D eigenvalue weighted by atomic mass is 9.54. The first kappa shape index (κ1) is 20.9. The van der Waals surface area contributed by atoms with Crippen LogP contribution >= 0.6 is 0 Å². The first-order chi connectivity index (χ1) is 16.8. The standard InChI is InChI=1S/C28H27N3O4/c1-13-7-20(15(3)35-13)14(2)23-27(32)26(24-18-9-16-8-17(11-18)12-19(24)10-16)30-25-21(29-28(23)30)5-4-6-22(25)31(33)34/h4-7,16-19H,8-12H2,1-3H3/b23-14+,26-24?. The number of ketones is 1. The van der Waals surface area contributed by atoms with E-state index in [2.05, 4.69) is 0 Å². The number of rotatable bonds is 2. The zero-order valence-electron chi connectivity index (χ0n) is 20.1. The largest absolute Gasteiger partial charge is 0.466 e. The maximum atomic E-state index is 14.3. The number of hydrogen-bond donors (Lipinski definition) is 0. The molecule has 0 amide bonds. The fourth-order valence-electron chi connectivity index (χ4n) is 7.78. The molecule has 7 heteroatoms. The molecule has 4 aliphatic carbocycles. The van der Waals surface area contributed by atoms with Crippen LogP contribution in [-0.2, 0) is 4.79 Å². The molecule has 3 aromatic rings. The summed E-state index contributed by atoms with van der Waals surface area (Å²) in [7, 11) is 0. The van der Waals surface area contributed by atoms with E-state index >= 15 is 0 Å². The number of hydrogen-bond acceptors (Lipinski definition) is 5. The predicted molar refractivity (Wildman–Crippen MR) is 132 cm³/mol. The Morgan fingerprint density at radius 3 is 2.40 bits per heavy atom. The zero-order chi connectivity index (χ0) is 24.2. The summed E-state index contributed by atoms with van der Waals surface area (Å²) >= 11 is 0. The summed E-state index contributed by atoms with van der Waals surface area (Å²) in [4.78, 5) is 30.8. The fraction of sp³-hybridized carbons (Fsp3) is 0.429. The van der Waals surface area contributed by atoms with Crippen molar-refractivity contribution in [3.8, 4) is 0 Å². The number of nitro groups is 1. The van der Waals surface area contributed by atoms with Gasteiger partial charge in [-0.2, -0.15) is 0 Å². The Morgan fingerprint density at radius 1 is 1.11 bits per heavy atom. The van der Waals surface area contributed by atoms with Gasteiger partial charge < -0.3 is 4.42 Å². The van der Waals surface area contributed by atoms with Gasteiger partial charge in [0, 0.05) is 11.6 Å². The lowest BCUT2D eigenvalue weighted by Crippen LogP contribution is -2.41. The second-order valence-electron chi connectivity index (χ2n) is 10.9. The van der Waals surface area contributed by atoms with E-state index in [0.29, 0.717) is 40.0 Å². The molecule has 4 bridgehead atoms. The van der Waals surface area contributed by atoms with E-state index in [4.69, 9.17) is 9.40 Å². The molecule has 7 nitrogen and oxygen atoms in total. The molecule has 0 N–H and O–H groups in total. The van der Waals surface area contributed by atoms with E-state index in [1.54, 1.807) is 12.1 Å². The van der Waals surface area contributed by atoms with Gasteiger partial charge in [0.25, 0.3) is 5.69 Å². The van der Waals surface area contributed by atoms with Gasteiger partial charge in [0.1, 0.15) is 17.3 Å². The highest BCUT2D eigenvalue weighted by Gasteiger charge is 2.49. The SMILES string of the molecule is C/C(=C1/C(=O)C(=C2C3CC4CC(C3)CC2C4)n2c1nc1cccc([N+](=O)[O-])c12)c1cc(C)oc1C.